The Morgan fingerprint density at radius 2 is 1.83 bits per heavy atom. The molecule has 0 fully saturated rings. The Morgan fingerprint density at radius 3 is 2.59 bits per heavy atom. The summed E-state index contributed by atoms with van der Waals surface area (Å²) in [4.78, 5) is 25.7. The van der Waals surface area contributed by atoms with E-state index in [4.69, 9.17) is 4.52 Å². The molecule has 0 aliphatic carbocycles. The lowest BCUT2D eigenvalue weighted by Crippen LogP contribution is -2.38. The number of nitrogens with one attached hydrogen (secondary N) is 1. The molecule has 6 nitrogen and oxygen atoms in total. The lowest BCUT2D eigenvalue weighted by molar-refractivity contribution is -0.128. The molecule has 3 rings (SSSR count). The molecule has 3 aromatic rings. The Labute approximate surface area is 168 Å². The van der Waals surface area contributed by atoms with Gasteiger partial charge in [0.25, 0.3) is 5.91 Å². The molecule has 2 aromatic carbocycles. The summed E-state index contributed by atoms with van der Waals surface area (Å²) in [6.45, 7) is 0.305. The summed E-state index contributed by atoms with van der Waals surface area (Å²) >= 11 is 0. The highest BCUT2D eigenvalue weighted by molar-refractivity contribution is 5.96. The van der Waals surface area contributed by atoms with E-state index in [0.717, 1.165) is 17.0 Å². The van der Waals surface area contributed by atoms with Crippen LogP contribution in [0.5, 0.6) is 0 Å². The summed E-state index contributed by atoms with van der Waals surface area (Å²) in [5.41, 5.74) is 1.68. The van der Waals surface area contributed by atoms with Crippen LogP contribution in [0.15, 0.2) is 65.2 Å². The van der Waals surface area contributed by atoms with Gasteiger partial charge in [-0.15, -0.1) is 0 Å². The van der Waals surface area contributed by atoms with Crippen LogP contribution in [0.2, 0.25) is 0 Å². The summed E-state index contributed by atoms with van der Waals surface area (Å²) in [7, 11) is 1.66. The number of benzene rings is 2. The molecular weight excluding hydrogens is 373 g/mol. The van der Waals surface area contributed by atoms with E-state index >= 15 is 0 Å². The van der Waals surface area contributed by atoms with Gasteiger partial charge in [0.1, 0.15) is 17.3 Å². The van der Waals surface area contributed by atoms with Crippen LogP contribution in [-0.2, 0) is 11.2 Å². The van der Waals surface area contributed by atoms with Crippen LogP contribution in [0.4, 0.5) is 4.39 Å². The van der Waals surface area contributed by atoms with Crippen LogP contribution in [0.1, 0.15) is 22.5 Å². The van der Waals surface area contributed by atoms with Gasteiger partial charge in [0.05, 0.1) is 12.1 Å². The van der Waals surface area contributed by atoms with Crippen molar-refractivity contribution in [3.63, 3.8) is 0 Å². The molecule has 0 radical (unpaired) electrons. The number of halogens is 1. The molecule has 0 aliphatic heterocycles. The molecule has 2 amide bonds. The second-order valence-electron chi connectivity index (χ2n) is 6.63. The van der Waals surface area contributed by atoms with Gasteiger partial charge >= 0.3 is 0 Å². The molecule has 0 atom stereocenters. The molecule has 0 spiro atoms. The molecule has 1 aromatic heterocycles. The number of carbonyl (C=O) groups excluding carboxylic acids is 2. The Hall–Kier alpha value is -3.48. The van der Waals surface area contributed by atoms with Gasteiger partial charge in [0, 0.05) is 31.6 Å². The highest BCUT2D eigenvalue weighted by atomic mass is 19.1. The molecule has 0 unspecified atom stereocenters. The number of nitrogens with zero attached hydrogens (tertiary/aromatic N) is 2. The van der Waals surface area contributed by atoms with Crippen LogP contribution >= 0.6 is 0 Å². The van der Waals surface area contributed by atoms with Crippen molar-refractivity contribution in [2.45, 2.75) is 12.8 Å². The topological polar surface area (TPSA) is 75.4 Å². The van der Waals surface area contributed by atoms with E-state index in [2.05, 4.69) is 10.5 Å². The number of hydrogen-bond donors (Lipinski definition) is 1. The highest BCUT2D eigenvalue weighted by Crippen LogP contribution is 2.19. The maximum absolute atomic E-state index is 13.6. The number of amides is 2. The van der Waals surface area contributed by atoms with E-state index in [0.29, 0.717) is 19.4 Å². The predicted molar refractivity (Wildman–Crippen MR) is 107 cm³/mol. The van der Waals surface area contributed by atoms with Crippen LogP contribution in [0.25, 0.3) is 11.3 Å². The third-order valence-corrected chi connectivity index (χ3v) is 4.49. The van der Waals surface area contributed by atoms with Crippen molar-refractivity contribution in [1.82, 2.24) is 15.4 Å². The van der Waals surface area contributed by atoms with Gasteiger partial charge in [-0.05, 0) is 18.6 Å². The predicted octanol–water partition coefficient (Wildman–Crippen LogP) is 3.30. The van der Waals surface area contributed by atoms with Crippen molar-refractivity contribution < 1.29 is 18.5 Å². The lowest BCUT2D eigenvalue weighted by atomic mass is 10.1. The molecule has 1 heterocycles. The van der Waals surface area contributed by atoms with E-state index in [9.17, 15) is 14.0 Å². The molecule has 150 valence electrons. The summed E-state index contributed by atoms with van der Waals surface area (Å²) in [5, 5.41) is 6.52. The quantitative estimate of drug-likeness (QED) is 0.635. The molecule has 0 bridgehead atoms. The number of hydrogen-bond acceptors (Lipinski definition) is 4. The van der Waals surface area contributed by atoms with E-state index in [1.165, 1.54) is 23.1 Å². The number of likely N-dealkylation sites (N-methyl/N-ethyl adjacent to an activating group) is 1. The standard InChI is InChI=1S/C22H22FN3O3/c1-26(21(27)15-24-22(28)18-11-5-6-12-19(18)23)13-7-10-17-14-20(25-29-17)16-8-3-2-4-9-16/h2-6,8-9,11-12,14H,7,10,13,15H2,1H3,(H,24,28). The molecular formula is C22H22FN3O3. The lowest BCUT2D eigenvalue weighted by Gasteiger charge is -2.17. The van der Waals surface area contributed by atoms with E-state index in [-0.39, 0.29) is 18.0 Å². The fourth-order valence-corrected chi connectivity index (χ4v) is 2.82. The second kappa shape index (κ2) is 9.64. The van der Waals surface area contributed by atoms with Crippen LogP contribution < -0.4 is 5.32 Å². The van der Waals surface area contributed by atoms with Gasteiger partial charge in [0.15, 0.2) is 0 Å². The third-order valence-electron chi connectivity index (χ3n) is 4.49. The normalized spacial score (nSPS) is 10.6. The maximum atomic E-state index is 13.6. The summed E-state index contributed by atoms with van der Waals surface area (Å²) in [6.07, 6.45) is 1.33. The molecule has 0 saturated heterocycles. The van der Waals surface area contributed by atoms with E-state index < -0.39 is 11.7 Å². The Morgan fingerprint density at radius 1 is 1.10 bits per heavy atom. The van der Waals surface area contributed by atoms with Crippen molar-refractivity contribution in [2.24, 2.45) is 0 Å². The SMILES string of the molecule is CN(CCCc1cc(-c2ccccc2)no1)C(=O)CNC(=O)c1ccccc1F. The highest BCUT2D eigenvalue weighted by Gasteiger charge is 2.14. The molecule has 7 heteroatoms. The molecule has 29 heavy (non-hydrogen) atoms. The fraction of sp³-hybridized carbons (Fsp3) is 0.227. The zero-order chi connectivity index (χ0) is 20.6. The van der Waals surface area contributed by atoms with Crippen molar-refractivity contribution in [2.75, 3.05) is 20.1 Å². The van der Waals surface area contributed by atoms with Gasteiger partial charge in [-0.3, -0.25) is 9.59 Å². The van der Waals surface area contributed by atoms with Gasteiger partial charge in [-0.1, -0.05) is 47.6 Å². The van der Waals surface area contributed by atoms with Crippen LogP contribution in [-0.4, -0.2) is 42.0 Å². The first-order valence-electron chi connectivity index (χ1n) is 9.32. The van der Waals surface area contributed by atoms with E-state index in [1.807, 2.05) is 36.4 Å². The first kappa shape index (κ1) is 20.3. The average molecular weight is 395 g/mol. The number of rotatable bonds is 8. The third kappa shape index (κ3) is 5.51. The second-order valence-corrected chi connectivity index (χ2v) is 6.63. The van der Waals surface area contributed by atoms with Crippen molar-refractivity contribution >= 4 is 11.8 Å². The van der Waals surface area contributed by atoms with Gasteiger partial charge in [-0.25, -0.2) is 4.39 Å². The maximum Gasteiger partial charge on any atom is 0.254 e. The summed E-state index contributed by atoms with van der Waals surface area (Å²) in [6, 6.07) is 17.3. The van der Waals surface area contributed by atoms with Crippen molar-refractivity contribution in [1.29, 1.82) is 0 Å². The average Bonchev–Trinajstić information content (AvgIpc) is 3.21. The van der Waals surface area contributed by atoms with Gasteiger partial charge in [0.2, 0.25) is 5.91 Å². The van der Waals surface area contributed by atoms with E-state index in [1.54, 1.807) is 13.1 Å². The van der Waals surface area contributed by atoms with Crippen LogP contribution in [0, 0.1) is 5.82 Å². The minimum Gasteiger partial charge on any atom is -0.361 e. The summed E-state index contributed by atoms with van der Waals surface area (Å²) < 4.78 is 18.9. The molecule has 0 saturated carbocycles. The minimum absolute atomic E-state index is 0.0810. The monoisotopic (exact) mass is 395 g/mol. The Kier molecular flexibility index (Phi) is 6.73. The summed E-state index contributed by atoms with van der Waals surface area (Å²) in [5.74, 6) is -0.734. The first-order chi connectivity index (χ1) is 14.0. The van der Waals surface area contributed by atoms with Gasteiger partial charge < -0.3 is 14.7 Å². The Bertz CT molecular complexity index is 972. The van der Waals surface area contributed by atoms with Crippen molar-refractivity contribution in [3.05, 3.63) is 77.8 Å². The smallest absolute Gasteiger partial charge is 0.254 e. The first-order valence-corrected chi connectivity index (χ1v) is 9.32. The number of carbonyl (C=O) groups is 2. The Balaban J connectivity index is 1.42. The van der Waals surface area contributed by atoms with Gasteiger partial charge in [-0.2, -0.15) is 0 Å². The fourth-order valence-electron chi connectivity index (χ4n) is 2.82. The van der Waals surface area contributed by atoms with Crippen LogP contribution in [0.3, 0.4) is 0 Å². The number of aryl methyl sites for hydroxylation is 1. The zero-order valence-corrected chi connectivity index (χ0v) is 16.1. The zero-order valence-electron chi connectivity index (χ0n) is 16.1. The van der Waals surface area contributed by atoms with Crippen molar-refractivity contribution in [3.8, 4) is 11.3 Å². The molecule has 1 N–H and O–H groups in total. The minimum atomic E-state index is -0.618. The molecule has 0 aliphatic rings. The largest absolute Gasteiger partial charge is 0.361 e. The number of aromatic nitrogens is 1.